The summed E-state index contributed by atoms with van der Waals surface area (Å²) >= 11 is 0. The van der Waals surface area contributed by atoms with Crippen molar-refractivity contribution in [3.8, 4) is 0 Å². The minimum Gasteiger partial charge on any atom is -0.380 e. The lowest BCUT2D eigenvalue weighted by Gasteiger charge is -2.32. The van der Waals surface area contributed by atoms with Gasteiger partial charge in [-0.25, -0.2) is 0 Å². The van der Waals surface area contributed by atoms with Crippen molar-refractivity contribution in [1.82, 2.24) is 0 Å². The molecule has 1 unspecified atom stereocenters. The zero-order valence-corrected chi connectivity index (χ0v) is 11.1. The van der Waals surface area contributed by atoms with Crippen molar-refractivity contribution >= 4 is 0 Å². The van der Waals surface area contributed by atoms with Gasteiger partial charge in [-0.2, -0.15) is 0 Å². The van der Waals surface area contributed by atoms with E-state index in [1.165, 1.54) is 44.9 Å². The largest absolute Gasteiger partial charge is 0.380 e. The van der Waals surface area contributed by atoms with Crippen molar-refractivity contribution in [2.75, 3.05) is 13.2 Å². The average Bonchev–Trinajstić information content (AvgIpc) is 2.34. The average molecular weight is 227 g/mol. The monoisotopic (exact) mass is 227 g/mol. The fourth-order valence-electron chi connectivity index (χ4n) is 2.79. The first-order valence-corrected chi connectivity index (χ1v) is 7.11. The zero-order chi connectivity index (χ0) is 11.8. The van der Waals surface area contributed by atoms with Crippen molar-refractivity contribution in [1.29, 1.82) is 0 Å². The smallest absolute Gasteiger partial charge is 0.0620 e. The fraction of sp³-hybridized carbons (Fsp3) is 1.00. The third kappa shape index (κ3) is 4.84. The van der Waals surface area contributed by atoms with E-state index in [1.807, 2.05) is 6.92 Å². The SMILES string of the molecule is CCCCC1CCC(C(N)COCC)CC1. The lowest BCUT2D eigenvalue weighted by molar-refractivity contribution is 0.101. The molecule has 1 aliphatic carbocycles. The highest BCUT2D eigenvalue weighted by Gasteiger charge is 2.25. The maximum absolute atomic E-state index is 6.16. The van der Waals surface area contributed by atoms with Gasteiger partial charge in [0.1, 0.15) is 0 Å². The Bertz CT molecular complexity index is 164. The number of nitrogens with two attached hydrogens (primary N) is 1. The van der Waals surface area contributed by atoms with Crippen LogP contribution in [0.2, 0.25) is 0 Å². The molecule has 0 aromatic rings. The van der Waals surface area contributed by atoms with Gasteiger partial charge in [-0.15, -0.1) is 0 Å². The van der Waals surface area contributed by atoms with Gasteiger partial charge in [0.15, 0.2) is 0 Å². The third-order valence-corrected chi connectivity index (χ3v) is 3.98. The van der Waals surface area contributed by atoms with Crippen molar-refractivity contribution in [3.63, 3.8) is 0 Å². The second-order valence-electron chi connectivity index (χ2n) is 5.25. The van der Waals surface area contributed by atoms with Gasteiger partial charge < -0.3 is 10.5 Å². The quantitative estimate of drug-likeness (QED) is 0.724. The summed E-state index contributed by atoms with van der Waals surface area (Å²) in [7, 11) is 0. The van der Waals surface area contributed by atoms with Gasteiger partial charge in [-0.05, 0) is 31.6 Å². The lowest BCUT2D eigenvalue weighted by atomic mass is 9.77. The highest BCUT2D eigenvalue weighted by molar-refractivity contribution is 4.79. The maximum atomic E-state index is 6.16. The van der Waals surface area contributed by atoms with Crippen LogP contribution in [0.1, 0.15) is 58.8 Å². The molecule has 0 saturated heterocycles. The number of hydrogen-bond acceptors (Lipinski definition) is 2. The standard InChI is InChI=1S/C14H29NO/c1-3-5-6-12-7-9-13(10-8-12)14(15)11-16-4-2/h12-14H,3-11,15H2,1-2H3. The van der Waals surface area contributed by atoms with E-state index in [0.29, 0.717) is 5.92 Å². The maximum Gasteiger partial charge on any atom is 0.0620 e. The van der Waals surface area contributed by atoms with Gasteiger partial charge in [0.05, 0.1) is 6.61 Å². The molecule has 0 aliphatic heterocycles. The zero-order valence-electron chi connectivity index (χ0n) is 11.1. The van der Waals surface area contributed by atoms with Gasteiger partial charge in [0, 0.05) is 12.6 Å². The number of rotatable bonds is 7. The summed E-state index contributed by atoms with van der Waals surface area (Å²) in [6.45, 7) is 5.86. The van der Waals surface area contributed by atoms with Crippen LogP contribution in [0.5, 0.6) is 0 Å². The summed E-state index contributed by atoms with van der Waals surface area (Å²) in [4.78, 5) is 0. The van der Waals surface area contributed by atoms with E-state index in [4.69, 9.17) is 10.5 Å². The molecule has 2 nitrogen and oxygen atoms in total. The minimum atomic E-state index is 0.270. The van der Waals surface area contributed by atoms with E-state index < -0.39 is 0 Å². The molecule has 1 fully saturated rings. The molecule has 96 valence electrons. The van der Waals surface area contributed by atoms with Crippen LogP contribution in [-0.2, 0) is 4.74 Å². The molecule has 1 atom stereocenters. The van der Waals surface area contributed by atoms with Crippen molar-refractivity contribution in [2.24, 2.45) is 17.6 Å². The second-order valence-corrected chi connectivity index (χ2v) is 5.25. The Kier molecular flexibility index (Phi) is 7.06. The van der Waals surface area contributed by atoms with Gasteiger partial charge in [-0.1, -0.05) is 39.0 Å². The first-order chi connectivity index (χ1) is 7.77. The molecule has 1 aliphatic rings. The van der Waals surface area contributed by atoms with E-state index in [9.17, 15) is 0 Å². The Labute approximate surface area is 101 Å². The summed E-state index contributed by atoms with van der Waals surface area (Å²) in [5, 5.41) is 0. The van der Waals surface area contributed by atoms with Crippen molar-refractivity contribution in [3.05, 3.63) is 0 Å². The van der Waals surface area contributed by atoms with Crippen LogP contribution in [0.4, 0.5) is 0 Å². The molecular formula is C14H29NO. The first-order valence-electron chi connectivity index (χ1n) is 7.11. The van der Waals surface area contributed by atoms with Crippen LogP contribution in [0, 0.1) is 11.8 Å². The summed E-state index contributed by atoms with van der Waals surface area (Å²) < 4.78 is 5.42. The normalized spacial score (nSPS) is 27.9. The Hall–Kier alpha value is -0.0800. The van der Waals surface area contributed by atoms with E-state index in [0.717, 1.165) is 19.1 Å². The molecule has 0 spiro atoms. The lowest BCUT2D eigenvalue weighted by Crippen LogP contribution is -2.37. The van der Waals surface area contributed by atoms with Crippen LogP contribution in [0.25, 0.3) is 0 Å². The predicted octanol–water partition coefficient (Wildman–Crippen LogP) is 3.35. The van der Waals surface area contributed by atoms with Gasteiger partial charge in [0.25, 0.3) is 0 Å². The highest BCUT2D eigenvalue weighted by Crippen LogP contribution is 2.33. The second kappa shape index (κ2) is 8.08. The Morgan fingerprint density at radius 3 is 2.44 bits per heavy atom. The fourth-order valence-corrected chi connectivity index (χ4v) is 2.79. The molecule has 0 amide bonds. The Morgan fingerprint density at radius 2 is 1.88 bits per heavy atom. The van der Waals surface area contributed by atoms with Gasteiger partial charge in [-0.3, -0.25) is 0 Å². The van der Waals surface area contributed by atoms with E-state index >= 15 is 0 Å². The summed E-state index contributed by atoms with van der Waals surface area (Å²) in [6.07, 6.45) is 9.61. The third-order valence-electron chi connectivity index (χ3n) is 3.98. The van der Waals surface area contributed by atoms with Crippen molar-refractivity contribution < 1.29 is 4.74 Å². The molecule has 1 rings (SSSR count). The van der Waals surface area contributed by atoms with Crippen molar-refractivity contribution in [2.45, 2.75) is 64.8 Å². The molecule has 2 N–H and O–H groups in total. The topological polar surface area (TPSA) is 35.2 Å². The minimum absolute atomic E-state index is 0.270. The molecule has 1 saturated carbocycles. The Morgan fingerprint density at radius 1 is 1.19 bits per heavy atom. The molecule has 2 heteroatoms. The predicted molar refractivity (Wildman–Crippen MR) is 69.4 cm³/mol. The molecule has 16 heavy (non-hydrogen) atoms. The number of hydrogen-bond donors (Lipinski definition) is 1. The van der Waals surface area contributed by atoms with Crippen LogP contribution >= 0.6 is 0 Å². The molecular weight excluding hydrogens is 198 g/mol. The highest BCUT2D eigenvalue weighted by atomic mass is 16.5. The number of unbranched alkanes of at least 4 members (excludes halogenated alkanes) is 1. The van der Waals surface area contributed by atoms with Crippen LogP contribution < -0.4 is 5.73 Å². The molecule has 0 heterocycles. The van der Waals surface area contributed by atoms with E-state index in [-0.39, 0.29) is 6.04 Å². The van der Waals surface area contributed by atoms with Gasteiger partial charge in [0.2, 0.25) is 0 Å². The van der Waals surface area contributed by atoms with Crippen LogP contribution in [-0.4, -0.2) is 19.3 Å². The molecule has 0 radical (unpaired) electrons. The Balaban J connectivity index is 2.15. The summed E-state index contributed by atoms with van der Waals surface area (Å²) in [5.41, 5.74) is 6.16. The van der Waals surface area contributed by atoms with E-state index in [2.05, 4.69) is 6.92 Å². The molecule has 0 aromatic carbocycles. The van der Waals surface area contributed by atoms with Crippen LogP contribution in [0.15, 0.2) is 0 Å². The molecule has 0 aromatic heterocycles. The van der Waals surface area contributed by atoms with Crippen LogP contribution in [0.3, 0.4) is 0 Å². The first kappa shape index (κ1) is 14.0. The number of ether oxygens (including phenoxy) is 1. The van der Waals surface area contributed by atoms with Gasteiger partial charge >= 0.3 is 0 Å². The molecule has 0 bridgehead atoms. The summed E-state index contributed by atoms with van der Waals surface area (Å²) in [6, 6.07) is 0.270. The summed E-state index contributed by atoms with van der Waals surface area (Å²) in [5.74, 6) is 1.69. The van der Waals surface area contributed by atoms with E-state index in [1.54, 1.807) is 0 Å².